The van der Waals surface area contributed by atoms with Crippen LogP contribution in [-0.2, 0) is 4.79 Å². The zero-order chi connectivity index (χ0) is 19.2. The van der Waals surface area contributed by atoms with Crippen molar-refractivity contribution in [1.29, 1.82) is 0 Å². The summed E-state index contributed by atoms with van der Waals surface area (Å²) in [7, 11) is 0. The van der Waals surface area contributed by atoms with Crippen molar-refractivity contribution in [2.24, 2.45) is 0 Å². The van der Waals surface area contributed by atoms with Crippen molar-refractivity contribution in [1.82, 2.24) is 4.98 Å². The third-order valence-electron chi connectivity index (χ3n) is 4.00. The van der Waals surface area contributed by atoms with Crippen molar-refractivity contribution in [3.63, 3.8) is 0 Å². The summed E-state index contributed by atoms with van der Waals surface area (Å²) in [5.41, 5.74) is 1.48. The molecular weight excluding hydrogens is 425 g/mol. The summed E-state index contributed by atoms with van der Waals surface area (Å²) in [6.07, 6.45) is -4.96. The number of carbonyl (C=O) groups is 1. The van der Waals surface area contributed by atoms with Gasteiger partial charge in [-0.3, -0.25) is 4.79 Å². The molecule has 0 radical (unpaired) electrons. The number of nitrogens with zero attached hydrogens (tertiary/aromatic N) is 1. The quantitative estimate of drug-likeness (QED) is 0.426. The number of oxazole rings is 1. The van der Waals surface area contributed by atoms with E-state index in [0.29, 0.717) is 11.4 Å². The van der Waals surface area contributed by atoms with Gasteiger partial charge in [-0.1, -0.05) is 40.2 Å². The Balaban J connectivity index is 1.77. The molecule has 0 saturated heterocycles. The lowest BCUT2D eigenvalue weighted by atomic mass is 10.0. The number of halogens is 4. The van der Waals surface area contributed by atoms with Crippen LogP contribution in [0.5, 0.6) is 0 Å². The van der Waals surface area contributed by atoms with Crippen molar-refractivity contribution in [2.45, 2.75) is 6.18 Å². The second-order valence-electron chi connectivity index (χ2n) is 5.79. The molecule has 136 valence electrons. The van der Waals surface area contributed by atoms with Gasteiger partial charge in [0, 0.05) is 21.8 Å². The minimum atomic E-state index is -4.96. The fourth-order valence-corrected chi connectivity index (χ4v) is 3.28. The average Bonchev–Trinajstić information content (AvgIpc) is 3.04. The molecule has 8 heteroatoms. The summed E-state index contributed by atoms with van der Waals surface area (Å²) in [4.78, 5) is 15.5. The molecule has 0 atom stereocenters. The molecule has 4 aromatic rings. The molecule has 1 aromatic heterocycles. The number of amides is 1. The third kappa shape index (κ3) is 3.28. The molecule has 4 rings (SSSR count). The average molecular weight is 435 g/mol. The lowest BCUT2D eigenvalue weighted by Gasteiger charge is -2.07. The van der Waals surface area contributed by atoms with Gasteiger partial charge in [-0.15, -0.1) is 0 Å². The maximum Gasteiger partial charge on any atom is 0.471 e. The molecule has 0 saturated carbocycles. The second kappa shape index (κ2) is 6.38. The summed E-state index contributed by atoms with van der Waals surface area (Å²) in [6, 6.07) is 15.6. The number of nitrogens with one attached hydrogen (secondary N) is 1. The van der Waals surface area contributed by atoms with Crippen LogP contribution in [0.2, 0.25) is 0 Å². The van der Waals surface area contributed by atoms with Crippen molar-refractivity contribution >= 4 is 49.4 Å². The first-order valence-corrected chi connectivity index (χ1v) is 8.58. The Kier molecular flexibility index (Phi) is 4.15. The second-order valence-corrected chi connectivity index (χ2v) is 6.65. The zero-order valence-corrected chi connectivity index (χ0v) is 15.1. The molecule has 0 spiro atoms. The predicted octanol–water partition coefficient (Wildman–Crippen LogP) is 5.91. The normalized spacial score (nSPS) is 11.9. The van der Waals surface area contributed by atoms with E-state index in [1.54, 1.807) is 5.32 Å². The smallest absolute Gasteiger partial charge is 0.436 e. The number of fused-ring (bicyclic) bond motifs is 2. The van der Waals surface area contributed by atoms with Crippen molar-refractivity contribution < 1.29 is 22.4 Å². The van der Waals surface area contributed by atoms with Gasteiger partial charge in [-0.05, 0) is 35.0 Å². The lowest BCUT2D eigenvalue weighted by molar-refractivity contribution is -0.167. The fraction of sp³-hybridized carbons (Fsp3) is 0.0526. The molecule has 0 bridgehead atoms. The summed E-state index contributed by atoms with van der Waals surface area (Å²) in [6.45, 7) is 0. The van der Waals surface area contributed by atoms with Crippen LogP contribution in [0, 0.1) is 0 Å². The van der Waals surface area contributed by atoms with E-state index in [-0.39, 0.29) is 11.3 Å². The molecule has 27 heavy (non-hydrogen) atoms. The Hall–Kier alpha value is -2.87. The number of rotatable bonds is 2. The minimum absolute atomic E-state index is 0.0202. The van der Waals surface area contributed by atoms with Crippen LogP contribution in [0.25, 0.3) is 33.3 Å². The molecule has 0 unspecified atom stereocenters. The van der Waals surface area contributed by atoms with E-state index < -0.39 is 12.1 Å². The number of hydrogen-bond acceptors (Lipinski definition) is 3. The van der Waals surface area contributed by atoms with Gasteiger partial charge in [0.05, 0.1) is 0 Å². The predicted molar refractivity (Wildman–Crippen MR) is 99.3 cm³/mol. The van der Waals surface area contributed by atoms with Crippen LogP contribution < -0.4 is 5.32 Å². The van der Waals surface area contributed by atoms with Crippen molar-refractivity contribution in [3.8, 4) is 11.5 Å². The highest BCUT2D eigenvalue weighted by Gasteiger charge is 2.38. The van der Waals surface area contributed by atoms with Crippen LogP contribution in [0.15, 0.2) is 63.5 Å². The Morgan fingerprint density at radius 2 is 1.78 bits per heavy atom. The molecule has 4 nitrogen and oxygen atoms in total. The number of hydrogen-bond donors (Lipinski definition) is 1. The number of benzene rings is 3. The molecule has 1 heterocycles. The standard InChI is InChI=1S/C19H10BrF3N2O2/c20-14-6-2-3-11-12(14)4-1-5-13(11)17-25-15-8-7-10(9-16(15)27-17)24-18(26)19(21,22)23/h1-9H,(H,24,26). The van der Waals surface area contributed by atoms with Crippen LogP contribution in [0.1, 0.15) is 0 Å². The lowest BCUT2D eigenvalue weighted by Crippen LogP contribution is -2.29. The Morgan fingerprint density at radius 1 is 1.04 bits per heavy atom. The van der Waals surface area contributed by atoms with Gasteiger partial charge in [-0.25, -0.2) is 4.98 Å². The highest BCUT2D eigenvalue weighted by atomic mass is 79.9. The number of anilines is 1. The van der Waals surface area contributed by atoms with E-state index in [1.165, 1.54) is 18.2 Å². The SMILES string of the molecule is O=C(Nc1ccc2nc(-c3cccc4c(Br)cccc34)oc2c1)C(F)(F)F. The zero-order valence-electron chi connectivity index (χ0n) is 13.5. The Morgan fingerprint density at radius 3 is 2.56 bits per heavy atom. The van der Waals surface area contributed by atoms with Crippen molar-refractivity contribution in [2.75, 3.05) is 5.32 Å². The Labute approximate surface area is 159 Å². The van der Waals surface area contributed by atoms with Crippen LogP contribution in [0.3, 0.4) is 0 Å². The van der Waals surface area contributed by atoms with E-state index in [4.69, 9.17) is 4.42 Å². The molecular formula is C19H10BrF3N2O2. The van der Waals surface area contributed by atoms with Gasteiger partial charge in [0.1, 0.15) is 5.52 Å². The molecule has 0 aliphatic rings. The summed E-state index contributed by atoms with van der Waals surface area (Å²) in [5.74, 6) is -1.70. The minimum Gasteiger partial charge on any atom is -0.436 e. The summed E-state index contributed by atoms with van der Waals surface area (Å²) in [5, 5.41) is 3.70. The summed E-state index contributed by atoms with van der Waals surface area (Å²) < 4.78 is 43.9. The van der Waals surface area contributed by atoms with Crippen LogP contribution >= 0.6 is 15.9 Å². The van der Waals surface area contributed by atoms with Gasteiger partial charge in [0.25, 0.3) is 0 Å². The van der Waals surface area contributed by atoms with E-state index in [0.717, 1.165) is 20.8 Å². The summed E-state index contributed by atoms with van der Waals surface area (Å²) >= 11 is 3.50. The number of carbonyl (C=O) groups excluding carboxylic acids is 1. The molecule has 1 N–H and O–H groups in total. The topological polar surface area (TPSA) is 55.1 Å². The van der Waals surface area contributed by atoms with Crippen LogP contribution in [0.4, 0.5) is 18.9 Å². The van der Waals surface area contributed by atoms with E-state index >= 15 is 0 Å². The van der Waals surface area contributed by atoms with Gasteiger partial charge >= 0.3 is 12.1 Å². The van der Waals surface area contributed by atoms with Gasteiger partial charge in [-0.2, -0.15) is 13.2 Å². The molecule has 0 aliphatic heterocycles. The first-order chi connectivity index (χ1) is 12.8. The maximum absolute atomic E-state index is 12.4. The first kappa shape index (κ1) is 17.5. The monoisotopic (exact) mass is 434 g/mol. The molecule has 1 amide bonds. The molecule has 0 fully saturated rings. The highest BCUT2D eigenvalue weighted by Crippen LogP contribution is 2.34. The van der Waals surface area contributed by atoms with Gasteiger partial charge in [0.2, 0.25) is 5.89 Å². The number of aromatic nitrogens is 1. The number of alkyl halides is 3. The molecule has 3 aromatic carbocycles. The van der Waals surface area contributed by atoms with E-state index in [9.17, 15) is 18.0 Å². The largest absolute Gasteiger partial charge is 0.471 e. The van der Waals surface area contributed by atoms with Gasteiger partial charge in [0.15, 0.2) is 5.58 Å². The first-order valence-electron chi connectivity index (χ1n) is 7.79. The fourth-order valence-electron chi connectivity index (χ4n) is 2.78. The highest BCUT2D eigenvalue weighted by molar-refractivity contribution is 9.10. The van der Waals surface area contributed by atoms with E-state index in [2.05, 4.69) is 20.9 Å². The van der Waals surface area contributed by atoms with Crippen molar-refractivity contribution in [3.05, 3.63) is 59.1 Å². The maximum atomic E-state index is 12.4. The van der Waals surface area contributed by atoms with E-state index in [1.807, 2.05) is 36.4 Å². The Bertz CT molecular complexity index is 1180. The van der Waals surface area contributed by atoms with Gasteiger partial charge < -0.3 is 9.73 Å². The molecule has 0 aliphatic carbocycles. The van der Waals surface area contributed by atoms with Crippen LogP contribution in [-0.4, -0.2) is 17.1 Å². The third-order valence-corrected chi connectivity index (χ3v) is 4.69.